The van der Waals surface area contributed by atoms with Crippen LogP contribution in [0, 0.1) is 25.2 Å². The van der Waals surface area contributed by atoms with E-state index in [0.29, 0.717) is 10.7 Å². The molecule has 0 spiro atoms. The molecule has 1 amide bonds. The van der Waals surface area contributed by atoms with Crippen LogP contribution in [0.4, 0.5) is 5.69 Å². The first-order chi connectivity index (χ1) is 13.4. The smallest absolute Gasteiger partial charge is 0.266 e. The molecule has 0 aliphatic carbocycles. The summed E-state index contributed by atoms with van der Waals surface area (Å²) in [4.78, 5) is 12.5. The molecule has 0 atom stereocenters. The van der Waals surface area contributed by atoms with Crippen molar-refractivity contribution in [3.8, 4) is 11.8 Å². The summed E-state index contributed by atoms with van der Waals surface area (Å²) in [6, 6.07) is 18.7. The number of nitriles is 1. The topological polar surface area (TPSA) is 57.8 Å². The Balaban J connectivity index is 1.91. The molecule has 0 saturated heterocycles. The highest BCUT2D eigenvalue weighted by molar-refractivity contribution is 9.10. The van der Waals surface area contributed by atoms with Crippen LogP contribution in [0.1, 0.15) is 17.0 Å². The quantitative estimate of drug-likeness (QED) is 0.385. The zero-order valence-corrected chi connectivity index (χ0v) is 17.7. The van der Waals surface area contributed by atoms with Crippen molar-refractivity contribution in [2.45, 2.75) is 13.8 Å². The van der Waals surface area contributed by atoms with Crippen LogP contribution >= 0.6 is 27.5 Å². The van der Waals surface area contributed by atoms with Gasteiger partial charge in [0.25, 0.3) is 5.91 Å². The molecule has 0 radical (unpaired) electrons. The Labute approximate surface area is 177 Å². The van der Waals surface area contributed by atoms with Crippen LogP contribution in [0.2, 0.25) is 5.02 Å². The molecule has 1 aromatic heterocycles. The average molecular weight is 455 g/mol. The first-order valence-corrected chi connectivity index (χ1v) is 9.69. The number of benzene rings is 2. The molecule has 1 heterocycles. The van der Waals surface area contributed by atoms with Gasteiger partial charge in [0.05, 0.1) is 0 Å². The predicted molar refractivity (Wildman–Crippen MR) is 117 cm³/mol. The monoisotopic (exact) mass is 453 g/mol. The minimum atomic E-state index is -0.443. The largest absolute Gasteiger partial charge is 0.321 e. The number of carbonyl (C=O) groups is 1. The highest BCUT2D eigenvalue weighted by atomic mass is 79.9. The second kappa shape index (κ2) is 8.47. The molecule has 6 heteroatoms. The predicted octanol–water partition coefficient (Wildman–Crippen LogP) is 6.06. The number of amides is 1. The van der Waals surface area contributed by atoms with E-state index < -0.39 is 5.91 Å². The van der Waals surface area contributed by atoms with Crippen molar-refractivity contribution in [2.24, 2.45) is 0 Å². The van der Waals surface area contributed by atoms with E-state index >= 15 is 0 Å². The van der Waals surface area contributed by atoms with E-state index in [-0.39, 0.29) is 5.57 Å². The lowest BCUT2D eigenvalue weighted by molar-refractivity contribution is -0.112. The van der Waals surface area contributed by atoms with Crippen molar-refractivity contribution in [2.75, 3.05) is 5.32 Å². The van der Waals surface area contributed by atoms with Crippen molar-refractivity contribution in [3.63, 3.8) is 0 Å². The molecule has 0 aliphatic rings. The van der Waals surface area contributed by atoms with E-state index in [1.165, 1.54) is 0 Å². The molecular weight excluding hydrogens is 438 g/mol. The van der Waals surface area contributed by atoms with E-state index in [4.69, 9.17) is 11.6 Å². The van der Waals surface area contributed by atoms with Crippen molar-refractivity contribution in [3.05, 3.63) is 86.6 Å². The molecule has 3 aromatic rings. The molecule has 0 fully saturated rings. The SMILES string of the molecule is Cc1cc(/C=C(\C#N)C(=O)Nc2ccc(Br)cc2)c(C)n1-c1ccc(Cl)cc1. The number of nitrogens with one attached hydrogen (secondary N) is 1. The zero-order chi connectivity index (χ0) is 20.3. The van der Waals surface area contributed by atoms with Gasteiger partial charge in [-0.1, -0.05) is 27.5 Å². The van der Waals surface area contributed by atoms with Gasteiger partial charge in [0.1, 0.15) is 11.6 Å². The lowest BCUT2D eigenvalue weighted by Crippen LogP contribution is -2.13. The van der Waals surface area contributed by atoms with Crippen molar-refractivity contribution < 1.29 is 4.79 Å². The standard InChI is InChI=1S/C22H17BrClN3O/c1-14-11-16(15(2)27(14)21-9-5-19(24)6-10-21)12-17(13-25)22(28)26-20-7-3-18(23)4-8-20/h3-12H,1-2H3,(H,26,28)/b17-12+. The third kappa shape index (κ3) is 4.36. The molecule has 4 nitrogen and oxygen atoms in total. The lowest BCUT2D eigenvalue weighted by Gasteiger charge is -2.09. The fourth-order valence-electron chi connectivity index (χ4n) is 2.96. The maximum atomic E-state index is 12.5. The number of carbonyl (C=O) groups excluding carboxylic acids is 1. The Kier molecular flexibility index (Phi) is 6.03. The van der Waals surface area contributed by atoms with Gasteiger partial charge in [0.15, 0.2) is 0 Å². The number of halogens is 2. The van der Waals surface area contributed by atoms with Gasteiger partial charge in [0, 0.05) is 32.3 Å². The Hall–Kier alpha value is -2.81. The first-order valence-electron chi connectivity index (χ1n) is 8.52. The van der Waals surface area contributed by atoms with Crippen molar-refractivity contribution in [1.82, 2.24) is 4.57 Å². The van der Waals surface area contributed by atoms with Crippen LogP contribution < -0.4 is 5.32 Å². The Morgan fingerprint density at radius 3 is 2.39 bits per heavy atom. The molecule has 3 rings (SSSR count). The molecule has 1 N–H and O–H groups in total. The number of hydrogen-bond donors (Lipinski definition) is 1. The molecule has 140 valence electrons. The van der Waals surface area contributed by atoms with Gasteiger partial charge < -0.3 is 9.88 Å². The number of aryl methyl sites for hydroxylation is 1. The summed E-state index contributed by atoms with van der Waals surface area (Å²) >= 11 is 9.33. The summed E-state index contributed by atoms with van der Waals surface area (Å²) in [6.45, 7) is 3.93. The van der Waals surface area contributed by atoms with Gasteiger partial charge in [-0.2, -0.15) is 5.26 Å². The van der Waals surface area contributed by atoms with Crippen LogP contribution in [0.25, 0.3) is 11.8 Å². The highest BCUT2D eigenvalue weighted by Crippen LogP contribution is 2.24. The van der Waals surface area contributed by atoms with Gasteiger partial charge in [-0.3, -0.25) is 4.79 Å². The highest BCUT2D eigenvalue weighted by Gasteiger charge is 2.14. The number of aromatic nitrogens is 1. The maximum absolute atomic E-state index is 12.5. The summed E-state index contributed by atoms with van der Waals surface area (Å²) in [6.07, 6.45) is 1.61. The normalized spacial score (nSPS) is 11.2. The number of hydrogen-bond acceptors (Lipinski definition) is 2. The summed E-state index contributed by atoms with van der Waals surface area (Å²) in [5.41, 5.74) is 4.38. The second-order valence-electron chi connectivity index (χ2n) is 6.27. The minimum absolute atomic E-state index is 0.0410. The molecule has 2 aromatic carbocycles. The van der Waals surface area contributed by atoms with Gasteiger partial charge in [-0.05, 0) is 80.1 Å². The van der Waals surface area contributed by atoms with E-state index in [2.05, 4.69) is 25.8 Å². The number of nitrogens with zero attached hydrogens (tertiary/aromatic N) is 2. The van der Waals surface area contributed by atoms with E-state index in [1.54, 1.807) is 18.2 Å². The molecule has 28 heavy (non-hydrogen) atoms. The third-order valence-corrected chi connectivity index (χ3v) is 5.10. The maximum Gasteiger partial charge on any atom is 0.266 e. The number of rotatable bonds is 4. The molecule has 0 aliphatic heterocycles. The molecule has 0 unspecified atom stereocenters. The van der Waals surface area contributed by atoms with Crippen LogP contribution in [0.15, 0.2) is 64.6 Å². The molecule has 0 saturated carbocycles. The van der Waals surface area contributed by atoms with Crippen LogP contribution in [-0.2, 0) is 4.79 Å². The summed E-state index contributed by atoms with van der Waals surface area (Å²) in [7, 11) is 0. The first kappa shape index (κ1) is 19.9. The Morgan fingerprint density at radius 2 is 1.79 bits per heavy atom. The van der Waals surface area contributed by atoms with Gasteiger partial charge in [-0.25, -0.2) is 0 Å². The lowest BCUT2D eigenvalue weighted by atomic mass is 10.1. The van der Waals surface area contributed by atoms with Gasteiger partial charge in [-0.15, -0.1) is 0 Å². The summed E-state index contributed by atoms with van der Waals surface area (Å²) in [5.74, 6) is -0.443. The molecular formula is C22H17BrClN3O. The Bertz CT molecular complexity index is 1090. The molecule has 0 bridgehead atoms. The minimum Gasteiger partial charge on any atom is -0.321 e. The van der Waals surface area contributed by atoms with Gasteiger partial charge in [0.2, 0.25) is 0 Å². The fraction of sp³-hybridized carbons (Fsp3) is 0.0909. The van der Waals surface area contributed by atoms with Crippen molar-refractivity contribution in [1.29, 1.82) is 5.26 Å². The van der Waals surface area contributed by atoms with Gasteiger partial charge >= 0.3 is 0 Å². The van der Waals surface area contributed by atoms with E-state index in [0.717, 1.165) is 27.1 Å². The Morgan fingerprint density at radius 1 is 1.14 bits per heavy atom. The van der Waals surface area contributed by atoms with Crippen LogP contribution in [0.5, 0.6) is 0 Å². The van der Waals surface area contributed by atoms with Crippen molar-refractivity contribution >= 4 is 45.2 Å². The fourth-order valence-corrected chi connectivity index (χ4v) is 3.35. The summed E-state index contributed by atoms with van der Waals surface area (Å²) < 4.78 is 2.97. The van der Waals surface area contributed by atoms with E-state index in [1.807, 2.05) is 62.4 Å². The zero-order valence-electron chi connectivity index (χ0n) is 15.3. The van der Waals surface area contributed by atoms with Crippen LogP contribution in [0.3, 0.4) is 0 Å². The third-order valence-electron chi connectivity index (χ3n) is 4.32. The van der Waals surface area contributed by atoms with Crippen LogP contribution in [-0.4, -0.2) is 10.5 Å². The summed E-state index contributed by atoms with van der Waals surface area (Å²) in [5, 5.41) is 12.9. The second-order valence-corrected chi connectivity index (χ2v) is 7.62. The number of anilines is 1. The average Bonchev–Trinajstić information content (AvgIpc) is 2.95. The van der Waals surface area contributed by atoms with E-state index in [9.17, 15) is 10.1 Å².